The van der Waals surface area contributed by atoms with Crippen LogP contribution in [0.4, 0.5) is 10.1 Å². The number of halogens is 1. The minimum atomic E-state index is -1.59. The third-order valence-corrected chi connectivity index (χ3v) is 3.07. The maximum Gasteiger partial charge on any atom is 0.338 e. The number of aromatic carboxylic acids is 1. The Bertz CT molecular complexity index is 702. The van der Waals surface area contributed by atoms with E-state index >= 15 is 0 Å². The average molecular weight is 299 g/mol. The lowest BCUT2D eigenvalue weighted by molar-refractivity contribution is -0.387. The second kappa shape index (κ2) is 5.25. The van der Waals surface area contributed by atoms with Crippen LogP contribution < -0.4 is 0 Å². The molecule has 0 radical (unpaired) electrons. The first-order chi connectivity index (χ1) is 9.38. The summed E-state index contributed by atoms with van der Waals surface area (Å²) in [5, 5.41) is 26.8. The first-order valence-corrected chi connectivity index (χ1v) is 5.89. The number of hydrogen-bond donors (Lipinski definition) is 1. The van der Waals surface area contributed by atoms with Crippen LogP contribution in [0.5, 0.6) is 0 Å². The number of nitrogens with zero attached hydrogens (tertiary/aromatic N) is 3. The second-order valence-electron chi connectivity index (χ2n) is 3.55. The Morgan fingerprint density at radius 2 is 2.20 bits per heavy atom. The number of benzene rings is 1. The SMILES string of the molecule is Cc1nnc(Sc2cc(F)c(C(=O)O)cc2[N+](=O)[O-])o1. The lowest BCUT2D eigenvalue weighted by atomic mass is 10.2. The summed E-state index contributed by atoms with van der Waals surface area (Å²) in [7, 11) is 0. The minimum Gasteiger partial charge on any atom is -0.478 e. The largest absolute Gasteiger partial charge is 0.478 e. The van der Waals surface area contributed by atoms with Gasteiger partial charge in [0.2, 0.25) is 5.89 Å². The molecule has 0 saturated carbocycles. The zero-order valence-electron chi connectivity index (χ0n) is 9.86. The molecule has 1 aromatic carbocycles. The van der Waals surface area contributed by atoms with E-state index in [2.05, 4.69) is 10.2 Å². The van der Waals surface area contributed by atoms with Crippen molar-refractivity contribution in [2.75, 3.05) is 0 Å². The van der Waals surface area contributed by atoms with E-state index < -0.39 is 28.0 Å². The Labute approximate surface area is 114 Å². The maximum absolute atomic E-state index is 13.6. The number of aromatic nitrogens is 2. The molecule has 0 atom stereocenters. The second-order valence-corrected chi connectivity index (χ2v) is 4.54. The third kappa shape index (κ3) is 2.74. The highest BCUT2D eigenvalue weighted by Gasteiger charge is 2.23. The first kappa shape index (κ1) is 13.9. The van der Waals surface area contributed by atoms with Crippen LogP contribution in [0, 0.1) is 22.9 Å². The van der Waals surface area contributed by atoms with E-state index in [1.165, 1.54) is 6.92 Å². The molecule has 0 fully saturated rings. The van der Waals surface area contributed by atoms with Crippen LogP contribution in [0.2, 0.25) is 0 Å². The van der Waals surface area contributed by atoms with Crippen molar-refractivity contribution >= 4 is 23.4 Å². The zero-order chi connectivity index (χ0) is 14.9. The molecule has 20 heavy (non-hydrogen) atoms. The van der Waals surface area contributed by atoms with Crippen LogP contribution in [0.15, 0.2) is 26.7 Å². The fourth-order valence-corrected chi connectivity index (χ4v) is 2.18. The van der Waals surface area contributed by atoms with Gasteiger partial charge in [-0.15, -0.1) is 10.2 Å². The van der Waals surface area contributed by atoms with Gasteiger partial charge in [0.15, 0.2) is 0 Å². The fourth-order valence-electron chi connectivity index (χ4n) is 1.35. The monoisotopic (exact) mass is 299 g/mol. The molecule has 2 aromatic rings. The number of nitro benzene ring substituents is 1. The summed E-state index contributed by atoms with van der Waals surface area (Å²) in [4.78, 5) is 20.7. The number of aryl methyl sites for hydroxylation is 1. The number of hydrogen-bond acceptors (Lipinski definition) is 7. The molecular weight excluding hydrogens is 293 g/mol. The summed E-state index contributed by atoms with van der Waals surface area (Å²) in [6, 6.07) is 1.41. The highest BCUT2D eigenvalue weighted by Crippen LogP contribution is 2.35. The van der Waals surface area contributed by atoms with E-state index in [1.807, 2.05) is 0 Å². The van der Waals surface area contributed by atoms with Crippen LogP contribution in [-0.2, 0) is 0 Å². The summed E-state index contributed by atoms with van der Waals surface area (Å²) in [6.07, 6.45) is 0. The predicted octanol–water partition coefficient (Wildman–Crippen LogP) is 2.27. The lowest BCUT2D eigenvalue weighted by Crippen LogP contribution is -2.03. The van der Waals surface area contributed by atoms with Gasteiger partial charge in [0.1, 0.15) is 11.4 Å². The van der Waals surface area contributed by atoms with Gasteiger partial charge in [-0.2, -0.15) is 0 Å². The van der Waals surface area contributed by atoms with Crippen LogP contribution in [-0.4, -0.2) is 26.2 Å². The van der Waals surface area contributed by atoms with Crippen molar-refractivity contribution in [3.8, 4) is 0 Å². The van der Waals surface area contributed by atoms with Crippen molar-refractivity contribution < 1.29 is 23.6 Å². The molecule has 0 amide bonds. The summed E-state index contributed by atoms with van der Waals surface area (Å²) >= 11 is 0.683. The van der Waals surface area contributed by atoms with Gasteiger partial charge in [0.25, 0.3) is 10.9 Å². The standard InChI is InChI=1S/C10H6FN3O5S/c1-4-12-13-10(19-4)20-8-3-6(11)5(9(15)16)2-7(8)14(17)18/h2-3H,1H3,(H,15,16). The number of carboxylic acid groups (broad SMARTS) is 1. The van der Waals surface area contributed by atoms with Crippen LogP contribution in [0.25, 0.3) is 0 Å². The van der Waals surface area contributed by atoms with Gasteiger partial charge in [0, 0.05) is 13.0 Å². The zero-order valence-corrected chi connectivity index (χ0v) is 10.7. The van der Waals surface area contributed by atoms with Crippen molar-refractivity contribution in [1.29, 1.82) is 0 Å². The first-order valence-electron chi connectivity index (χ1n) is 5.07. The van der Waals surface area contributed by atoms with Gasteiger partial charge in [-0.3, -0.25) is 10.1 Å². The molecule has 0 saturated heterocycles. The molecule has 1 heterocycles. The Kier molecular flexibility index (Phi) is 3.66. The van der Waals surface area contributed by atoms with Crippen LogP contribution in [0.1, 0.15) is 16.2 Å². The molecule has 0 unspecified atom stereocenters. The van der Waals surface area contributed by atoms with Crippen LogP contribution in [0.3, 0.4) is 0 Å². The van der Waals surface area contributed by atoms with Gasteiger partial charge < -0.3 is 9.52 Å². The Balaban J connectivity index is 2.48. The summed E-state index contributed by atoms with van der Waals surface area (Å²) in [5.74, 6) is -2.42. The molecule has 1 N–H and O–H groups in total. The number of nitro groups is 1. The van der Waals surface area contributed by atoms with Crippen molar-refractivity contribution in [2.24, 2.45) is 0 Å². The van der Waals surface area contributed by atoms with Gasteiger partial charge in [0.05, 0.1) is 9.82 Å². The third-order valence-electron chi connectivity index (χ3n) is 2.18. The van der Waals surface area contributed by atoms with Gasteiger partial charge in [-0.25, -0.2) is 9.18 Å². The molecule has 104 valence electrons. The van der Waals surface area contributed by atoms with E-state index in [0.717, 1.165) is 6.07 Å². The topological polar surface area (TPSA) is 119 Å². The number of carboxylic acids is 1. The normalized spacial score (nSPS) is 10.5. The number of carbonyl (C=O) groups is 1. The number of rotatable bonds is 4. The van der Waals surface area contributed by atoms with Crippen molar-refractivity contribution in [1.82, 2.24) is 10.2 Å². The quantitative estimate of drug-likeness (QED) is 0.674. The molecule has 0 aliphatic heterocycles. The summed E-state index contributed by atoms with van der Waals surface area (Å²) in [6.45, 7) is 1.53. The smallest absolute Gasteiger partial charge is 0.338 e. The maximum atomic E-state index is 13.6. The fraction of sp³-hybridized carbons (Fsp3) is 0.100. The molecule has 0 bridgehead atoms. The van der Waals surface area contributed by atoms with Crippen molar-refractivity contribution in [3.63, 3.8) is 0 Å². The average Bonchev–Trinajstić information content (AvgIpc) is 2.74. The van der Waals surface area contributed by atoms with Gasteiger partial charge in [-0.05, 0) is 17.8 Å². The van der Waals surface area contributed by atoms with E-state index in [0.29, 0.717) is 17.8 Å². The molecular formula is C10H6FN3O5S. The predicted molar refractivity (Wildman–Crippen MR) is 63.2 cm³/mol. The summed E-state index contributed by atoms with van der Waals surface area (Å²) in [5.41, 5.74) is -1.33. The van der Waals surface area contributed by atoms with E-state index in [9.17, 15) is 19.3 Å². The molecule has 0 aliphatic rings. The van der Waals surface area contributed by atoms with E-state index in [1.54, 1.807) is 0 Å². The molecule has 1 aromatic heterocycles. The molecule has 0 spiro atoms. The van der Waals surface area contributed by atoms with Gasteiger partial charge >= 0.3 is 5.97 Å². The van der Waals surface area contributed by atoms with Crippen molar-refractivity contribution in [2.45, 2.75) is 17.0 Å². The molecule has 0 aliphatic carbocycles. The Hall–Kier alpha value is -2.49. The minimum absolute atomic E-state index is 0.00641. The molecule has 2 rings (SSSR count). The lowest BCUT2D eigenvalue weighted by Gasteiger charge is -2.02. The molecule has 10 heteroatoms. The van der Waals surface area contributed by atoms with Crippen LogP contribution >= 0.6 is 11.8 Å². The van der Waals surface area contributed by atoms with Gasteiger partial charge in [-0.1, -0.05) is 0 Å². The Morgan fingerprint density at radius 3 is 2.70 bits per heavy atom. The van der Waals surface area contributed by atoms with E-state index in [-0.39, 0.29) is 16.0 Å². The van der Waals surface area contributed by atoms with E-state index in [4.69, 9.17) is 9.52 Å². The molecule has 8 nitrogen and oxygen atoms in total. The summed E-state index contributed by atoms with van der Waals surface area (Å²) < 4.78 is 18.6. The highest BCUT2D eigenvalue weighted by atomic mass is 32.2. The Morgan fingerprint density at radius 1 is 1.50 bits per heavy atom. The van der Waals surface area contributed by atoms with Crippen molar-refractivity contribution in [3.05, 3.63) is 39.5 Å². The highest BCUT2D eigenvalue weighted by molar-refractivity contribution is 7.99.